The molecule has 0 heterocycles. The van der Waals surface area contributed by atoms with Gasteiger partial charge in [0.1, 0.15) is 5.75 Å². The second-order valence-corrected chi connectivity index (χ2v) is 6.32. The third-order valence-corrected chi connectivity index (χ3v) is 4.54. The van der Waals surface area contributed by atoms with Crippen LogP contribution in [-0.2, 0) is 13.1 Å². The Hall–Kier alpha value is -1.72. The van der Waals surface area contributed by atoms with Crippen molar-refractivity contribution in [3.8, 4) is 17.2 Å². The first-order valence-electron chi connectivity index (χ1n) is 7.87. The first-order chi connectivity index (χ1) is 11.6. The molecule has 0 atom stereocenters. The number of halogens is 1. The van der Waals surface area contributed by atoms with Crippen molar-refractivity contribution in [1.29, 1.82) is 0 Å². The van der Waals surface area contributed by atoms with Gasteiger partial charge in [0.25, 0.3) is 0 Å². The van der Waals surface area contributed by atoms with Crippen molar-refractivity contribution in [2.24, 2.45) is 0 Å². The minimum Gasteiger partial charge on any atom is -0.496 e. The zero-order valence-corrected chi connectivity index (χ0v) is 16.2. The van der Waals surface area contributed by atoms with Gasteiger partial charge in [-0.05, 0) is 57.9 Å². The van der Waals surface area contributed by atoms with E-state index in [-0.39, 0.29) is 0 Å². The molecule has 0 aliphatic rings. The average Bonchev–Trinajstić information content (AvgIpc) is 2.61. The van der Waals surface area contributed by atoms with Crippen molar-refractivity contribution >= 4 is 15.9 Å². The van der Waals surface area contributed by atoms with Gasteiger partial charge in [-0.15, -0.1) is 0 Å². The number of hydrogen-bond acceptors (Lipinski definition) is 4. The molecule has 0 fully saturated rings. The smallest absolute Gasteiger partial charge is 0.161 e. The summed E-state index contributed by atoms with van der Waals surface area (Å²) in [6.07, 6.45) is 0. The van der Waals surface area contributed by atoms with Gasteiger partial charge < -0.3 is 14.2 Å². The highest BCUT2D eigenvalue weighted by Gasteiger charge is 2.10. The molecule has 0 bridgehead atoms. The van der Waals surface area contributed by atoms with E-state index in [0.717, 1.165) is 41.4 Å². The van der Waals surface area contributed by atoms with Crippen LogP contribution >= 0.6 is 15.9 Å². The summed E-state index contributed by atoms with van der Waals surface area (Å²) >= 11 is 3.55. The number of ether oxygens (including phenoxy) is 3. The predicted molar refractivity (Wildman–Crippen MR) is 100 cm³/mol. The number of rotatable bonds is 8. The van der Waals surface area contributed by atoms with Gasteiger partial charge in [0.15, 0.2) is 11.5 Å². The first-order valence-corrected chi connectivity index (χ1v) is 8.66. The standard InChI is InChI=1S/C19H24BrNO3/c1-5-21(12-14-6-8-17(22-2)16(20)10-14)13-15-7-9-18(23-3)19(11-15)24-4/h6-11H,5,12-13H2,1-4H3. The third-order valence-electron chi connectivity index (χ3n) is 3.92. The van der Waals surface area contributed by atoms with Crippen LogP contribution in [0.5, 0.6) is 17.2 Å². The second-order valence-electron chi connectivity index (χ2n) is 5.46. The molecule has 0 aliphatic carbocycles. The highest BCUT2D eigenvalue weighted by Crippen LogP contribution is 2.29. The summed E-state index contributed by atoms with van der Waals surface area (Å²) in [6, 6.07) is 12.3. The van der Waals surface area contributed by atoms with E-state index in [0.29, 0.717) is 0 Å². The van der Waals surface area contributed by atoms with E-state index in [1.54, 1.807) is 21.3 Å². The highest BCUT2D eigenvalue weighted by atomic mass is 79.9. The molecule has 4 nitrogen and oxygen atoms in total. The van der Waals surface area contributed by atoms with E-state index in [2.05, 4.69) is 46.0 Å². The van der Waals surface area contributed by atoms with E-state index in [4.69, 9.17) is 14.2 Å². The third kappa shape index (κ3) is 4.65. The minimum absolute atomic E-state index is 0.753. The van der Waals surface area contributed by atoms with Crippen LogP contribution in [0.2, 0.25) is 0 Å². The van der Waals surface area contributed by atoms with E-state index in [1.165, 1.54) is 11.1 Å². The fourth-order valence-electron chi connectivity index (χ4n) is 2.58. The topological polar surface area (TPSA) is 30.9 Å². The van der Waals surface area contributed by atoms with E-state index in [9.17, 15) is 0 Å². The summed E-state index contributed by atoms with van der Waals surface area (Å²) in [7, 11) is 4.99. The molecular weight excluding hydrogens is 370 g/mol. The quantitative estimate of drug-likeness (QED) is 0.660. The van der Waals surface area contributed by atoms with E-state index >= 15 is 0 Å². The molecule has 2 aromatic rings. The van der Waals surface area contributed by atoms with Crippen molar-refractivity contribution in [1.82, 2.24) is 4.90 Å². The lowest BCUT2D eigenvalue weighted by Crippen LogP contribution is -2.22. The molecule has 0 aromatic heterocycles. The minimum atomic E-state index is 0.753. The molecule has 0 aliphatic heterocycles. The molecule has 0 saturated carbocycles. The fourth-order valence-corrected chi connectivity index (χ4v) is 3.17. The van der Waals surface area contributed by atoms with Gasteiger partial charge in [0.2, 0.25) is 0 Å². The van der Waals surface area contributed by atoms with Crippen LogP contribution in [0.3, 0.4) is 0 Å². The Morgan fingerprint density at radius 2 is 1.33 bits per heavy atom. The van der Waals surface area contributed by atoms with Crippen molar-refractivity contribution in [2.75, 3.05) is 27.9 Å². The fraction of sp³-hybridized carbons (Fsp3) is 0.368. The molecule has 0 saturated heterocycles. The van der Waals surface area contributed by atoms with Crippen LogP contribution in [0.25, 0.3) is 0 Å². The maximum Gasteiger partial charge on any atom is 0.161 e. The maximum atomic E-state index is 5.39. The molecule has 0 radical (unpaired) electrons. The molecule has 0 spiro atoms. The lowest BCUT2D eigenvalue weighted by molar-refractivity contribution is 0.270. The number of hydrogen-bond donors (Lipinski definition) is 0. The molecule has 0 amide bonds. The summed E-state index contributed by atoms with van der Waals surface area (Å²) < 4.78 is 17.0. The van der Waals surface area contributed by atoms with Crippen LogP contribution < -0.4 is 14.2 Å². The van der Waals surface area contributed by atoms with Crippen LogP contribution in [0.1, 0.15) is 18.1 Å². The lowest BCUT2D eigenvalue weighted by Gasteiger charge is -2.21. The Bertz CT molecular complexity index is 676. The SMILES string of the molecule is CCN(Cc1ccc(OC)c(Br)c1)Cc1ccc(OC)c(OC)c1. The first kappa shape index (κ1) is 18.6. The summed E-state index contributed by atoms with van der Waals surface area (Å²) in [5, 5.41) is 0. The highest BCUT2D eigenvalue weighted by molar-refractivity contribution is 9.10. The lowest BCUT2D eigenvalue weighted by atomic mass is 10.1. The normalized spacial score (nSPS) is 10.8. The number of methoxy groups -OCH3 is 3. The van der Waals surface area contributed by atoms with Gasteiger partial charge in [0.05, 0.1) is 25.8 Å². The Labute approximate surface area is 152 Å². The number of nitrogens with zero attached hydrogens (tertiary/aromatic N) is 1. The molecule has 0 N–H and O–H groups in total. The summed E-state index contributed by atoms with van der Waals surface area (Å²) in [4.78, 5) is 2.37. The summed E-state index contributed by atoms with van der Waals surface area (Å²) in [6.45, 7) is 4.84. The zero-order valence-electron chi connectivity index (χ0n) is 14.6. The van der Waals surface area contributed by atoms with Crippen LogP contribution in [0, 0.1) is 0 Å². The number of benzene rings is 2. The summed E-state index contributed by atoms with van der Waals surface area (Å²) in [5.74, 6) is 2.36. The van der Waals surface area contributed by atoms with Crippen molar-refractivity contribution in [3.05, 3.63) is 52.0 Å². The molecular formula is C19H24BrNO3. The summed E-state index contributed by atoms with van der Waals surface area (Å²) in [5.41, 5.74) is 2.44. The molecule has 130 valence electrons. The van der Waals surface area contributed by atoms with Gasteiger partial charge in [-0.1, -0.05) is 19.1 Å². The van der Waals surface area contributed by atoms with Crippen molar-refractivity contribution in [3.63, 3.8) is 0 Å². The monoisotopic (exact) mass is 393 g/mol. The zero-order chi connectivity index (χ0) is 17.5. The van der Waals surface area contributed by atoms with Crippen molar-refractivity contribution in [2.45, 2.75) is 20.0 Å². The van der Waals surface area contributed by atoms with Gasteiger partial charge >= 0.3 is 0 Å². The van der Waals surface area contributed by atoms with Gasteiger partial charge in [-0.25, -0.2) is 0 Å². The maximum absolute atomic E-state index is 5.39. The van der Waals surface area contributed by atoms with Gasteiger partial charge in [-0.2, -0.15) is 0 Å². The van der Waals surface area contributed by atoms with Gasteiger partial charge in [0, 0.05) is 13.1 Å². The van der Waals surface area contributed by atoms with Crippen LogP contribution in [0.4, 0.5) is 0 Å². The molecule has 0 unspecified atom stereocenters. The van der Waals surface area contributed by atoms with E-state index < -0.39 is 0 Å². The largest absolute Gasteiger partial charge is 0.496 e. The molecule has 5 heteroatoms. The van der Waals surface area contributed by atoms with Gasteiger partial charge in [-0.3, -0.25) is 4.90 Å². The van der Waals surface area contributed by atoms with E-state index in [1.807, 2.05) is 18.2 Å². The Morgan fingerprint density at radius 3 is 1.83 bits per heavy atom. The van der Waals surface area contributed by atoms with Crippen molar-refractivity contribution < 1.29 is 14.2 Å². The average molecular weight is 394 g/mol. The van der Waals surface area contributed by atoms with Crippen LogP contribution in [0.15, 0.2) is 40.9 Å². The Balaban J connectivity index is 2.10. The molecule has 24 heavy (non-hydrogen) atoms. The Morgan fingerprint density at radius 1 is 0.792 bits per heavy atom. The van der Waals surface area contributed by atoms with Crippen LogP contribution in [-0.4, -0.2) is 32.8 Å². The second kappa shape index (κ2) is 8.94. The molecule has 2 aromatic carbocycles. The predicted octanol–water partition coefficient (Wildman–Crippen LogP) is 4.50. The molecule has 2 rings (SSSR count). The Kier molecular flexibility index (Phi) is 6.94.